The summed E-state index contributed by atoms with van der Waals surface area (Å²) in [5, 5.41) is 0.541. The summed E-state index contributed by atoms with van der Waals surface area (Å²) in [6.07, 6.45) is 6.74. The van der Waals surface area contributed by atoms with E-state index in [-0.39, 0.29) is 0 Å². The lowest BCUT2D eigenvalue weighted by Crippen LogP contribution is -2.25. The molecule has 29 heavy (non-hydrogen) atoms. The van der Waals surface area contributed by atoms with E-state index in [1.807, 2.05) is 24.3 Å². The molecule has 0 amide bonds. The maximum atomic E-state index is 5.97. The molecule has 0 atom stereocenters. The molecular formula is C21H26N6OS. The molecule has 0 aliphatic heterocycles. The van der Waals surface area contributed by atoms with Crippen LogP contribution in [0.25, 0.3) is 15.8 Å². The number of likely N-dealkylation sites (N-methyl/N-ethyl adjacent to an activating group) is 1. The van der Waals surface area contributed by atoms with Crippen LogP contribution in [-0.4, -0.2) is 47.3 Å². The Morgan fingerprint density at radius 2 is 2.03 bits per heavy atom. The predicted molar refractivity (Wildman–Crippen MR) is 122 cm³/mol. The highest BCUT2D eigenvalue weighted by molar-refractivity contribution is 7.22. The molecule has 0 spiro atoms. The smallest absolute Gasteiger partial charge is 0.181 e. The maximum Gasteiger partial charge on any atom is 0.181 e. The summed E-state index contributed by atoms with van der Waals surface area (Å²) in [5.74, 6) is 1.32. The van der Waals surface area contributed by atoms with Crippen LogP contribution in [0, 0.1) is 0 Å². The van der Waals surface area contributed by atoms with Gasteiger partial charge in [0.25, 0.3) is 0 Å². The van der Waals surface area contributed by atoms with Gasteiger partial charge in [-0.1, -0.05) is 25.2 Å². The first-order chi connectivity index (χ1) is 14.1. The van der Waals surface area contributed by atoms with Crippen molar-refractivity contribution >= 4 is 38.5 Å². The van der Waals surface area contributed by atoms with Crippen LogP contribution < -0.4 is 16.2 Å². The van der Waals surface area contributed by atoms with E-state index in [1.165, 1.54) is 17.5 Å². The first kappa shape index (κ1) is 20.8. The van der Waals surface area contributed by atoms with E-state index in [0.717, 1.165) is 47.5 Å². The third kappa shape index (κ3) is 5.52. The van der Waals surface area contributed by atoms with Gasteiger partial charge in [-0.15, -0.1) is 0 Å². The number of anilines is 1. The lowest BCUT2D eigenvalue weighted by molar-refractivity contribution is 0.313. The Labute approximate surface area is 174 Å². The monoisotopic (exact) mass is 410 g/mol. The minimum atomic E-state index is 0.541. The van der Waals surface area contributed by atoms with Crippen molar-refractivity contribution in [2.24, 2.45) is 10.7 Å². The number of hydrogen-bond acceptors (Lipinski definition) is 8. The number of nitrogens with two attached hydrogens (primary N) is 2. The quantitative estimate of drug-likeness (QED) is 0.521. The molecular weight excluding hydrogens is 384 g/mol. The number of nitrogens with zero attached hydrogens (tertiary/aromatic N) is 4. The van der Waals surface area contributed by atoms with Crippen molar-refractivity contribution in [2.75, 3.05) is 31.9 Å². The fourth-order valence-corrected chi connectivity index (χ4v) is 3.63. The van der Waals surface area contributed by atoms with Gasteiger partial charge in [-0.25, -0.2) is 4.98 Å². The minimum absolute atomic E-state index is 0.541. The Balaban J connectivity index is 1.69. The number of hydrogen-bond donors (Lipinski definition) is 2. The van der Waals surface area contributed by atoms with Crippen LogP contribution in [0.3, 0.4) is 0 Å². The first-order valence-corrected chi connectivity index (χ1v) is 10.4. The number of thiazole rings is 1. The van der Waals surface area contributed by atoms with Gasteiger partial charge in [0.1, 0.15) is 11.5 Å². The lowest BCUT2D eigenvalue weighted by atomic mass is 10.1. The van der Waals surface area contributed by atoms with Crippen LogP contribution in [0.15, 0.2) is 47.9 Å². The Bertz CT molecular complexity index is 1010. The lowest BCUT2D eigenvalue weighted by Gasteiger charge is -2.15. The number of aliphatic imine (C=N–C) groups is 1. The normalized spacial score (nSPS) is 12.3. The summed E-state index contributed by atoms with van der Waals surface area (Å²) < 4.78 is 6.95. The number of fused-ring (bicyclic) bond motifs is 1. The third-order valence-corrected chi connectivity index (χ3v) is 5.36. The van der Waals surface area contributed by atoms with Crippen molar-refractivity contribution in [1.29, 1.82) is 0 Å². The van der Waals surface area contributed by atoms with E-state index < -0.39 is 0 Å². The molecule has 0 bridgehead atoms. The Morgan fingerprint density at radius 1 is 1.21 bits per heavy atom. The van der Waals surface area contributed by atoms with E-state index >= 15 is 0 Å². The number of benzene rings is 1. The van der Waals surface area contributed by atoms with E-state index in [1.54, 1.807) is 18.6 Å². The third-order valence-electron chi connectivity index (χ3n) is 4.51. The molecule has 2 heterocycles. The van der Waals surface area contributed by atoms with E-state index in [4.69, 9.17) is 16.2 Å². The maximum absolute atomic E-state index is 5.97. The van der Waals surface area contributed by atoms with Gasteiger partial charge in [0.2, 0.25) is 0 Å². The minimum Gasteiger partial charge on any atom is -0.456 e. The zero-order chi connectivity index (χ0) is 20.6. The standard InChI is InChI=1S/C21H26N6OS/c1-3-27(4-2)8-7-24-13-16(11-22)15-9-18(14-25-12-15)28-17-5-6-19-20(10-17)29-21(23)26-19/h5-6,9-14H,3-4,7-8,22H2,1-2H3,(H2,23,26)/b16-11+,24-13?. The molecule has 0 aliphatic carbocycles. The zero-order valence-corrected chi connectivity index (χ0v) is 17.5. The fraction of sp³-hybridized carbons (Fsp3) is 0.286. The molecule has 0 saturated heterocycles. The second-order valence-corrected chi connectivity index (χ2v) is 7.44. The number of ether oxygens (including phenoxy) is 1. The van der Waals surface area contributed by atoms with Gasteiger partial charge in [0.05, 0.1) is 23.0 Å². The highest BCUT2D eigenvalue weighted by atomic mass is 32.1. The van der Waals surface area contributed by atoms with Gasteiger partial charge >= 0.3 is 0 Å². The molecule has 4 N–H and O–H groups in total. The van der Waals surface area contributed by atoms with Gasteiger partial charge in [-0.05, 0) is 31.3 Å². The average Bonchev–Trinajstić information content (AvgIpc) is 3.10. The van der Waals surface area contributed by atoms with E-state index in [9.17, 15) is 0 Å². The molecule has 0 aliphatic rings. The number of allylic oxidation sites excluding steroid dienone is 1. The predicted octanol–water partition coefficient (Wildman–Crippen LogP) is 3.78. The number of rotatable bonds is 9. The van der Waals surface area contributed by atoms with Crippen molar-refractivity contribution in [3.05, 3.63) is 48.4 Å². The van der Waals surface area contributed by atoms with Gasteiger partial charge in [-0.2, -0.15) is 0 Å². The molecule has 0 fully saturated rings. The topological polar surface area (TPSA) is 103 Å². The molecule has 3 aromatic rings. The van der Waals surface area contributed by atoms with Gasteiger partial charge in [0, 0.05) is 42.4 Å². The molecule has 0 radical (unpaired) electrons. The van der Waals surface area contributed by atoms with E-state index in [2.05, 4.69) is 33.7 Å². The second-order valence-electron chi connectivity index (χ2n) is 6.38. The highest BCUT2D eigenvalue weighted by Crippen LogP contribution is 2.30. The zero-order valence-electron chi connectivity index (χ0n) is 16.7. The summed E-state index contributed by atoms with van der Waals surface area (Å²) >= 11 is 1.43. The highest BCUT2D eigenvalue weighted by Gasteiger charge is 2.06. The van der Waals surface area contributed by atoms with Crippen LogP contribution >= 0.6 is 11.3 Å². The summed E-state index contributed by atoms with van der Waals surface area (Å²) in [6.45, 7) is 7.99. The van der Waals surface area contributed by atoms with Crippen LogP contribution in [-0.2, 0) is 0 Å². The van der Waals surface area contributed by atoms with Crippen LogP contribution in [0.2, 0.25) is 0 Å². The molecule has 2 aromatic heterocycles. The molecule has 0 unspecified atom stereocenters. The Hall–Kier alpha value is -2.97. The SMILES string of the molecule is CCN(CC)CCN=C/C(=C\N)c1cncc(Oc2ccc3nc(N)sc3c2)c1. The fourth-order valence-electron chi connectivity index (χ4n) is 2.87. The first-order valence-electron chi connectivity index (χ1n) is 9.56. The van der Waals surface area contributed by atoms with Crippen molar-refractivity contribution in [1.82, 2.24) is 14.9 Å². The second kappa shape index (κ2) is 9.99. The molecule has 0 saturated carbocycles. The summed E-state index contributed by atoms with van der Waals surface area (Å²) in [5.41, 5.74) is 14.1. The van der Waals surface area contributed by atoms with Crippen molar-refractivity contribution in [3.63, 3.8) is 0 Å². The molecule has 8 heteroatoms. The number of aromatic nitrogens is 2. The van der Waals surface area contributed by atoms with Crippen LogP contribution in [0.5, 0.6) is 11.5 Å². The van der Waals surface area contributed by atoms with Crippen molar-refractivity contribution in [3.8, 4) is 11.5 Å². The van der Waals surface area contributed by atoms with Gasteiger partial charge < -0.3 is 21.1 Å². The van der Waals surface area contributed by atoms with Crippen molar-refractivity contribution < 1.29 is 4.74 Å². The number of pyridine rings is 1. The van der Waals surface area contributed by atoms with Gasteiger partial charge in [0.15, 0.2) is 5.13 Å². The Kier molecular flexibility index (Phi) is 7.15. The van der Waals surface area contributed by atoms with Crippen LogP contribution in [0.4, 0.5) is 5.13 Å². The van der Waals surface area contributed by atoms with Crippen molar-refractivity contribution in [2.45, 2.75) is 13.8 Å². The molecule has 152 valence electrons. The van der Waals surface area contributed by atoms with Crippen LogP contribution in [0.1, 0.15) is 19.4 Å². The molecule has 3 rings (SSSR count). The van der Waals surface area contributed by atoms with E-state index in [0.29, 0.717) is 16.6 Å². The summed E-state index contributed by atoms with van der Waals surface area (Å²) in [4.78, 5) is 15.4. The summed E-state index contributed by atoms with van der Waals surface area (Å²) in [7, 11) is 0. The number of nitrogen functional groups attached to an aromatic ring is 1. The largest absolute Gasteiger partial charge is 0.456 e. The Morgan fingerprint density at radius 3 is 2.79 bits per heavy atom. The average molecular weight is 411 g/mol. The van der Waals surface area contributed by atoms with Gasteiger partial charge in [-0.3, -0.25) is 9.98 Å². The molecule has 7 nitrogen and oxygen atoms in total. The molecule has 1 aromatic carbocycles. The summed E-state index contributed by atoms with van der Waals surface area (Å²) in [6, 6.07) is 7.57.